The first-order chi connectivity index (χ1) is 23.7. The topological polar surface area (TPSA) is 261 Å². The molecule has 3 saturated heterocycles. The minimum Gasteiger partial charge on any atom is -0.480 e. The van der Waals surface area contributed by atoms with E-state index in [-0.39, 0.29) is 143 Å². The molecule has 3 heterocycles. The smallest absolute Gasteiger partial charge is 0.320 e. The summed E-state index contributed by atoms with van der Waals surface area (Å²) in [6, 6.07) is -2.18. The van der Waals surface area contributed by atoms with Crippen LogP contribution in [0.5, 0.6) is 0 Å². The van der Waals surface area contributed by atoms with Gasteiger partial charge in [-0.2, -0.15) is 0 Å². The molecule has 51 heavy (non-hydrogen) atoms. The normalized spacial score (nSPS) is 21.5. The first kappa shape index (κ1) is 45.0. The Morgan fingerprint density at radius 2 is 0.765 bits per heavy atom. The van der Waals surface area contributed by atoms with Gasteiger partial charge in [-0.3, -0.25) is 60.1 Å². The third-order valence-electron chi connectivity index (χ3n) is 9.58. The van der Waals surface area contributed by atoms with Crippen molar-refractivity contribution < 1.29 is 89.1 Å². The molecule has 0 aliphatic carbocycles. The number of aliphatic carboxylic acids is 4. The number of nitrogens with two attached hydrogens (primary N) is 2. The first-order valence-electron chi connectivity index (χ1n) is 17.1. The molecule has 2 unspecified atom stereocenters. The van der Waals surface area contributed by atoms with Crippen molar-refractivity contribution in [1.82, 2.24) is 39.4 Å². The minimum atomic E-state index is -1.15. The second-order valence-electron chi connectivity index (χ2n) is 13.0. The zero-order valence-electron chi connectivity index (χ0n) is 29.0. The summed E-state index contributed by atoms with van der Waals surface area (Å²) >= 11 is 0. The summed E-state index contributed by atoms with van der Waals surface area (Å²) in [7, 11) is 0. The predicted molar refractivity (Wildman–Crippen MR) is 177 cm³/mol. The van der Waals surface area contributed by atoms with Gasteiger partial charge in [0.1, 0.15) is 12.1 Å². The van der Waals surface area contributed by atoms with Crippen LogP contribution in [0.3, 0.4) is 0 Å². The number of carboxylic acids is 4. The molecule has 0 aromatic rings. The number of carboxylic acid groups (broad SMARTS) is 4. The molecular formula is C30H54GdN10O10. The number of rotatable bonds is 14. The Hall–Kier alpha value is -2.18. The summed E-state index contributed by atoms with van der Waals surface area (Å²) in [5.74, 6) is 6.66. The van der Waals surface area contributed by atoms with Crippen molar-refractivity contribution in [3.8, 4) is 0 Å². The van der Waals surface area contributed by atoms with Crippen molar-refractivity contribution in [3.63, 3.8) is 0 Å². The van der Waals surface area contributed by atoms with Crippen molar-refractivity contribution in [1.29, 1.82) is 0 Å². The standard InChI is InChI=1S/C30H54N10O10.Gd/c31-39-17-13-37(14-18-39)25(41)3-1-23(29(47)48)35-9-5-33(21-27(43)44)7-11-36(12-8-34(6-10-35)22-28(45)46)24(30(49)50)2-4-26(42)38-15-19-40(32)20-16-38;/h23-24H,1-22,31-32H2,(H,43,44)(H,45,46)(H,47,48)(H,49,50);. The van der Waals surface area contributed by atoms with E-state index in [0.717, 1.165) is 0 Å². The van der Waals surface area contributed by atoms with Gasteiger partial charge in [0.15, 0.2) is 0 Å². The minimum absolute atomic E-state index is 0. The van der Waals surface area contributed by atoms with E-state index < -0.39 is 36.0 Å². The summed E-state index contributed by atoms with van der Waals surface area (Å²) in [6.45, 7) is 3.97. The molecular weight excluding hydrogens is 818 g/mol. The average Bonchev–Trinajstić information content (AvgIpc) is 3.04. The van der Waals surface area contributed by atoms with Crippen LogP contribution in [-0.2, 0) is 28.8 Å². The van der Waals surface area contributed by atoms with Crippen LogP contribution >= 0.6 is 0 Å². The van der Waals surface area contributed by atoms with Gasteiger partial charge >= 0.3 is 23.9 Å². The number of carbonyl (C=O) groups excluding carboxylic acids is 2. The number of amides is 2. The van der Waals surface area contributed by atoms with E-state index in [9.17, 15) is 49.2 Å². The van der Waals surface area contributed by atoms with Gasteiger partial charge in [0.25, 0.3) is 0 Å². The van der Waals surface area contributed by atoms with Crippen LogP contribution in [0.15, 0.2) is 0 Å². The van der Waals surface area contributed by atoms with E-state index in [1.807, 2.05) is 0 Å². The summed E-state index contributed by atoms with van der Waals surface area (Å²) in [4.78, 5) is 84.3. The van der Waals surface area contributed by atoms with E-state index in [1.54, 1.807) is 39.4 Å². The van der Waals surface area contributed by atoms with Crippen molar-refractivity contribution in [2.75, 3.05) is 118 Å². The monoisotopic (exact) mass is 872 g/mol. The van der Waals surface area contributed by atoms with E-state index >= 15 is 0 Å². The number of hydrogen-bond acceptors (Lipinski definition) is 14. The summed E-state index contributed by atoms with van der Waals surface area (Å²) in [5.41, 5.74) is 0. The SMILES string of the molecule is NN1CCN(C(=O)CCC(C(=O)O)N2CCN(CC(=O)O)CCN(C(CCC(=O)N3CCN(N)CC3)C(=O)O)CCN(CC(=O)O)CC2)CC1.[Gd]. The molecule has 0 aromatic heterocycles. The Bertz CT molecular complexity index is 1070. The van der Waals surface area contributed by atoms with Gasteiger partial charge < -0.3 is 30.2 Å². The molecule has 2 amide bonds. The van der Waals surface area contributed by atoms with Gasteiger partial charge in [-0.25, -0.2) is 10.0 Å². The fourth-order valence-corrected chi connectivity index (χ4v) is 6.55. The number of nitrogens with zero attached hydrogens (tertiary/aromatic N) is 8. The van der Waals surface area contributed by atoms with Crippen LogP contribution < -0.4 is 11.7 Å². The largest absolute Gasteiger partial charge is 0.480 e. The Balaban J connectivity index is 0.00000901. The van der Waals surface area contributed by atoms with Crippen LogP contribution in [0.2, 0.25) is 0 Å². The van der Waals surface area contributed by atoms with Crippen LogP contribution in [0.4, 0.5) is 0 Å². The van der Waals surface area contributed by atoms with Crippen molar-refractivity contribution in [3.05, 3.63) is 0 Å². The van der Waals surface area contributed by atoms with Gasteiger partial charge in [0.2, 0.25) is 11.8 Å². The average molecular weight is 872 g/mol. The molecule has 2 atom stereocenters. The van der Waals surface area contributed by atoms with Gasteiger partial charge in [0, 0.05) is 157 Å². The second kappa shape index (κ2) is 22.8. The number of hydrazine groups is 2. The molecule has 8 N–H and O–H groups in total. The molecule has 3 fully saturated rings. The molecule has 0 radical (unpaired) electrons. The van der Waals surface area contributed by atoms with Crippen LogP contribution in [0, 0.1) is 39.9 Å². The van der Waals surface area contributed by atoms with Gasteiger partial charge in [-0.15, -0.1) is 0 Å². The van der Waals surface area contributed by atoms with E-state index in [1.165, 1.54) is 0 Å². The quantitative estimate of drug-likeness (QED) is 0.0907. The van der Waals surface area contributed by atoms with E-state index in [2.05, 4.69) is 0 Å². The molecule has 21 heteroatoms. The zero-order chi connectivity index (χ0) is 36.8. The van der Waals surface area contributed by atoms with Gasteiger partial charge in [0.05, 0.1) is 13.1 Å². The van der Waals surface area contributed by atoms with E-state index in [4.69, 9.17) is 11.7 Å². The number of carbonyl (C=O) groups is 6. The van der Waals surface area contributed by atoms with Gasteiger partial charge in [-0.1, -0.05) is 0 Å². The molecule has 0 saturated carbocycles. The molecule has 3 aliphatic rings. The molecule has 0 aromatic carbocycles. The Morgan fingerprint density at radius 1 is 0.471 bits per heavy atom. The van der Waals surface area contributed by atoms with Crippen molar-refractivity contribution >= 4 is 35.7 Å². The van der Waals surface area contributed by atoms with Crippen molar-refractivity contribution in [2.24, 2.45) is 11.7 Å². The molecule has 3 rings (SSSR count). The molecule has 0 bridgehead atoms. The molecule has 20 nitrogen and oxygen atoms in total. The van der Waals surface area contributed by atoms with Crippen molar-refractivity contribution in [2.45, 2.75) is 37.8 Å². The summed E-state index contributed by atoms with van der Waals surface area (Å²) < 4.78 is 0. The van der Waals surface area contributed by atoms with Crippen LogP contribution in [0.25, 0.3) is 0 Å². The Morgan fingerprint density at radius 3 is 1.02 bits per heavy atom. The van der Waals surface area contributed by atoms with Gasteiger partial charge in [-0.05, 0) is 12.8 Å². The zero-order valence-corrected chi connectivity index (χ0v) is 31.3. The number of hydrogen-bond donors (Lipinski definition) is 6. The van der Waals surface area contributed by atoms with Crippen LogP contribution in [0.1, 0.15) is 25.7 Å². The fraction of sp³-hybridized carbons (Fsp3) is 0.800. The second-order valence-corrected chi connectivity index (χ2v) is 13.0. The molecule has 3 aliphatic heterocycles. The maximum absolute atomic E-state index is 12.9. The van der Waals surface area contributed by atoms with E-state index in [0.29, 0.717) is 52.4 Å². The molecule has 292 valence electrons. The Kier molecular flexibility index (Phi) is 20.1. The predicted octanol–water partition coefficient (Wildman–Crippen LogP) is -4.12. The fourth-order valence-electron chi connectivity index (χ4n) is 6.55. The summed E-state index contributed by atoms with van der Waals surface area (Å²) in [5, 5.41) is 43.0. The third kappa shape index (κ3) is 15.8. The van der Waals surface area contributed by atoms with Crippen LogP contribution in [-0.4, -0.2) is 225 Å². The molecule has 0 spiro atoms. The third-order valence-corrected chi connectivity index (χ3v) is 9.58. The Labute approximate surface area is 329 Å². The maximum Gasteiger partial charge on any atom is 0.320 e. The first-order valence-corrected chi connectivity index (χ1v) is 17.1. The maximum atomic E-state index is 12.9. The number of piperazine rings is 2. The summed E-state index contributed by atoms with van der Waals surface area (Å²) in [6.07, 6.45) is -0.0346.